The molecule has 0 unspecified atom stereocenters. The number of anilines is 2. The minimum atomic E-state index is -0.487. The number of hydrogen-bond donors (Lipinski definition) is 2. The molecule has 1 fully saturated rings. The van der Waals surface area contributed by atoms with Gasteiger partial charge in [0.05, 0.1) is 23.0 Å². The number of hydrogen-bond acceptors (Lipinski definition) is 6. The van der Waals surface area contributed by atoms with Crippen LogP contribution in [-0.4, -0.2) is 34.9 Å². The molecule has 2 heterocycles. The van der Waals surface area contributed by atoms with Crippen molar-refractivity contribution in [2.75, 3.05) is 18.5 Å². The zero-order valence-corrected chi connectivity index (χ0v) is 22.6. The molecular formula is C29H26Cl2N4O4. The van der Waals surface area contributed by atoms with Gasteiger partial charge in [-0.2, -0.15) is 9.78 Å². The van der Waals surface area contributed by atoms with Crippen LogP contribution in [0.2, 0.25) is 10.0 Å². The summed E-state index contributed by atoms with van der Waals surface area (Å²) in [7, 11) is 0. The summed E-state index contributed by atoms with van der Waals surface area (Å²) in [6.45, 7) is 3.02. The third-order valence-corrected chi connectivity index (χ3v) is 7.03. The minimum absolute atomic E-state index is 0.0339. The average molecular weight is 565 g/mol. The maximum Gasteiger partial charge on any atom is 0.299 e. The Kier molecular flexibility index (Phi) is 8.16. The van der Waals surface area contributed by atoms with Crippen LogP contribution in [0.1, 0.15) is 28.8 Å². The molecule has 4 aromatic rings. The first-order valence-corrected chi connectivity index (χ1v) is 13.2. The van der Waals surface area contributed by atoms with Crippen molar-refractivity contribution in [2.45, 2.75) is 25.9 Å². The molecule has 10 heteroatoms. The molecule has 0 aliphatic carbocycles. The van der Waals surface area contributed by atoms with E-state index in [1.807, 2.05) is 6.92 Å². The summed E-state index contributed by atoms with van der Waals surface area (Å²) in [5.41, 5.74) is 1.83. The number of amides is 1. The molecule has 1 aromatic heterocycles. The zero-order valence-electron chi connectivity index (χ0n) is 21.1. The van der Waals surface area contributed by atoms with Gasteiger partial charge in [-0.25, -0.2) is 0 Å². The van der Waals surface area contributed by atoms with E-state index in [1.54, 1.807) is 66.7 Å². The SMILES string of the molecule is Cc1cc(Oc2cnn(-c3ccccc3Cl)c(=O)c2Nc2cccc(C(=O)NC[C@@H]3CCCO3)c2)ccc1Cl. The molecule has 1 aliphatic heterocycles. The molecule has 0 spiro atoms. The number of carbonyl (C=O) groups is 1. The standard InChI is InChI=1S/C29H26Cl2N4O4/c1-18-14-21(11-12-23(18)30)39-26-17-33-35(25-10-3-2-9-24(25)31)29(37)27(26)34-20-7-4-6-19(15-20)28(36)32-16-22-8-5-13-38-22/h2-4,6-7,9-12,14-15,17,22,34H,5,8,13,16H2,1H3,(H,32,36)/t22-/m0/s1. The van der Waals surface area contributed by atoms with Gasteiger partial charge in [-0.3, -0.25) is 9.59 Å². The lowest BCUT2D eigenvalue weighted by Crippen LogP contribution is -2.31. The summed E-state index contributed by atoms with van der Waals surface area (Å²) in [6.07, 6.45) is 3.40. The monoisotopic (exact) mass is 564 g/mol. The predicted molar refractivity (Wildman–Crippen MR) is 152 cm³/mol. The van der Waals surface area contributed by atoms with Crippen molar-refractivity contribution in [1.29, 1.82) is 0 Å². The highest BCUT2D eigenvalue weighted by atomic mass is 35.5. The van der Waals surface area contributed by atoms with E-state index in [9.17, 15) is 9.59 Å². The largest absolute Gasteiger partial charge is 0.453 e. The molecule has 1 atom stereocenters. The Bertz CT molecular complexity index is 1570. The van der Waals surface area contributed by atoms with Crippen molar-refractivity contribution in [3.05, 3.63) is 104 Å². The summed E-state index contributed by atoms with van der Waals surface area (Å²) >= 11 is 12.5. The van der Waals surface area contributed by atoms with Crippen molar-refractivity contribution in [1.82, 2.24) is 15.1 Å². The number of rotatable bonds is 8. The quantitative estimate of drug-likeness (QED) is 0.261. The van der Waals surface area contributed by atoms with Crippen molar-refractivity contribution >= 4 is 40.5 Å². The van der Waals surface area contributed by atoms with Crippen LogP contribution in [0.25, 0.3) is 5.69 Å². The first-order chi connectivity index (χ1) is 18.9. The van der Waals surface area contributed by atoms with E-state index in [2.05, 4.69) is 15.7 Å². The number of nitrogens with one attached hydrogen (secondary N) is 2. The van der Waals surface area contributed by atoms with Gasteiger partial charge in [0, 0.05) is 29.4 Å². The molecule has 3 aromatic carbocycles. The van der Waals surface area contributed by atoms with E-state index in [4.69, 9.17) is 32.7 Å². The second kappa shape index (κ2) is 11.9. The van der Waals surface area contributed by atoms with Gasteiger partial charge in [-0.05, 0) is 73.9 Å². The minimum Gasteiger partial charge on any atom is -0.453 e. The Labute approximate surface area is 235 Å². The second-order valence-corrected chi connectivity index (χ2v) is 9.93. The number of nitrogens with zero attached hydrogens (tertiary/aromatic N) is 2. The van der Waals surface area contributed by atoms with E-state index in [0.717, 1.165) is 25.0 Å². The summed E-state index contributed by atoms with van der Waals surface area (Å²) < 4.78 is 12.9. The normalized spacial score (nSPS) is 14.7. The van der Waals surface area contributed by atoms with Gasteiger partial charge >= 0.3 is 0 Å². The van der Waals surface area contributed by atoms with Crippen LogP contribution in [0.4, 0.5) is 11.4 Å². The third kappa shape index (κ3) is 6.25. The lowest BCUT2D eigenvalue weighted by Gasteiger charge is -2.16. The first-order valence-electron chi connectivity index (χ1n) is 12.5. The fourth-order valence-electron chi connectivity index (χ4n) is 4.23. The van der Waals surface area contributed by atoms with Crippen LogP contribution in [0.3, 0.4) is 0 Å². The molecule has 1 amide bonds. The zero-order chi connectivity index (χ0) is 27.4. The molecule has 200 valence electrons. The molecule has 0 bridgehead atoms. The van der Waals surface area contributed by atoms with Crippen molar-refractivity contribution in [3.8, 4) is 17.2 Å². The highest BCUT2D eigenvalue weighted by molar-refractivity contribution is 6.32. The van der Waals surface area contributed by atoms with Crippen molar-refractivity contribution in [2.24, 2.45) is 0 Å². The van der Waals surface area contributed by atoms with Crippen LogP contribution >= 0.6 is 23.2 Å². The van der Waals surface area contributed by atoms with Gasteiger partial charge in [0.25, 0.3) is 11.5 Å². The number of aryl methyl sites for hydroxylation is 1. The Morgan fingerprint density at radius 2 is 1.95 bits per heavy atom. The number of para-hydroxylation sites is 1. The van der Waals surface area contributed by atoms with E-state index in [1.165, 1.54) is 10.9 Å². The van der Waals surface area contributed by atoms with Gasteiger partial charge in [0.2, 0.25) is 0 Å². The second-order valence-electron chi connectivity index (χ2n) is 9.12. The molecule has 1 aliphatic rings. The Morgan fingerprint density at radius 3 is 2.72 bits per heavy atom. The number of carbonyl (C=O) groups excluding carboxylic acids is 1. The molecule has 39 heavy (non-hydrogen) atoms. The van der Waals surface area contributed by atoms with E-state index < -0.39 is 5.56 Å². The molecule has 8 nitrogen and oxygen atoms in total. The number of benzene rings is 3. The summed E-state index contributed by atoms with van der Waals surface area (Å²) in [5, 5.41) is 11.3. The van der Waals surface area contributed by atoms with Crippen molar-refractivity contribution in [3.63, 3.8) is 0 Å². The topological polar surface area (TPSA) is 94.5 Å². The lowest BCUT2D eigenvalue weighted by molar-refractivity contribution is 0.0858. The fraction of sp³-hybridized carbons (Fsp3) is 0.207. The van der Waals surface area contributed by atoms with E-state index in [-0.39, 0.29) is 23.4 Å². The van der Waals surface area contributed by atoms with Gasteiger partial charge in [0.15, 0.2) is 11.4 Å². The lowest BCUT2D eigenvalue weighted by atomic mass is 10.1. The molecule has 0 radical (unpaired) electrons. The number of aromatic nitrogens is 2. The van der Waals surface area contributed by atoms with Crippen LogP contribution in [0.5, 0.6) is 11.5 Å². The maximum atomic E-state index is 13.7. The van der Waals surface area contributed by atoms with Gasteiger partial charge < -0.3 is 20.1 Å². The fourth-order valence-corrected chi connectivity index (χ4v) is 4.56. The van der Waals surface area contributed by atoms with Crippen LogP contribution in [-0.2, 0) is 4.74 Å². The van der Waals surface area contributed by atoms with E-state index in [0.29, 0.717) is 39.3 Å². The molecule has 2 N–H and O–H groups in total. The Hall–Kier alpha value is -3.85. The number of halogens is 2. The molecule has 1 saturated heterocycles. The Balaban J connectivity index is 1.48. The predicted octanol–water partition coefficient (Wildman–Crippen LogP) is 6.29. The summed E-state index contributed by atoms with van der Waals surface area (Å²) in [5.74, 6) is 0.447. The van der Waals surface area contributed by atoms with Gasteiger partial charge in [0.1, 0.15) is 5.75 Å². The highest BCUT2D eigenvalue weighted by Crippen LogP contribution is 2.31. The Morgan fingerprint density at radius 1 is 1.10 bits per heavy atom. The summed E-state index contributed by atoms with van der Waals surface area (Å²) in [4.78, 5) is 26.5. The highest BCUT2D eigenvalue weighted by Gasteiger charge is 2.19. The van der Waals surface area contributed by atoms with Crippen LogP contribution in [0, 0.1) is 6.92 Å². The first kappa shape index (κ1) is 26.7. The maximum absolute atomic E-state index is 13.7. The molecule has 0 saturated carbocycles. The average Bonchev–Trinajstić information content (AvgIpc) is 3.46. The molecule has 5 rings (SSSR count). The van der Waals surface area contributed by atoms with E-state index >= 15 is 0 Å². The third-order valence-electron chi connectivity index (χ3n) is 6.29. The van der Waals surface area contributed by atoms with Crippen LogP contribution < -0.4 is 20.9 Å². The molecular weight excluding hydrogens is 539 g/mol. The number of ether oxygens (including phenoxy) is 2. The summed E-state index contributed by atoms with van der Waals surface area (Å²) in [6, 6.07) is 19.0. The van der Waals surface area contributed by atoms with Gasteiger partial charge in [-0.15, -0.1) is 0 Å². The van der Waals surface area contributed by atoms with Crippen LogP contribution in [0.15, 0.2) is 77.7 Å². The van der Waals surface area contributed by atoms with Gasteiger partial charge in [-0.1, -0.05) is 41.4 Å². The smallest absolute Gasteiger partial charge is 0.299 e. The van der Waals surface area contributed by atoms with Crippen molar-refractivity contribution < 1.29 is 14.3 Å².